The average molecular weight is 222 g/mol. The second-order valence-corrected chi connectivity index (χ2v) is 1.52. The van der Waals surface area contributed by atoms with Gasteiger partial charge in [0.1, 0.15) is 0 Å². The van der Waals surface area contributed by atoms with E-state index in [-0.39, 0.29) is 23.1 Å². The van der Waals surface area contributed by atoms with Gasteiger partial charge in [0.15, 0.2) is 0 Å². The van der Waals surface area contributed by atoms with E-state index in [1.807, 2.05) is 0 Å². The normalized spacial score (nSPS) is 11.1. The summed E-state index contributed by atoms with van der Waals surface area (Å²) >= 11 is 0. The van der Waals surface area contributed by atoms with Gasteiger partial charge in [-0.2, -0.15) is 26.3 Å². The minimum atomic E-state index is -4.51. The molecule has 9 heteroatoms. The second-order valence-electron chi connectivity index (χ2n) is 1.52. The van der Waals surface area contributed by atoms with Crippen LogP contribution in [0, 0.1) is 0 Å². The van der Waals surface area contributed by atoms with Gasteiger partial charge in [-0.15, -0.1) is 0 Å². The average Bonchev–Trinajstić information content (AvgIpc) is 1.86. The van der Waals surface area contributed by atoms with Crippen molar-refractivity contribution in [3.63, 3.8) is 0 Å². The maximum Gasteiger partial charge on any atom is 2.00 e. The molecule has 0 spiro atoms. The molecular weight excluding hydrogens is 218 g/mol. The van der Waals surface area contributed by atoms with Gasteiger partial charge in [-0.3, -0.25) is 0 Å². The van der Waals surface area contributed by atoms with Crippen LogP contribution in [-0.2, 0) is 0 Å². The number of alkyl halides is 6. The van der Waals surface area contributed by atoms with Crippen LogP contribution in [-0.4, -0.2) is 48.6 Å². The van der Waals surface area contributed by atoms with Crippen LogP contribution in [0.25, 0.3) is 0 Å². The molecule has 0 unspecified atom stereocenters. The Morgan fingerprint density at radius 3 is 0.769 bits per heavy atom. The molecule has 0 bridgehead atoms. The molecule has 0 saturated heterocycles. The first-order valence-electron chi connectivity index (χ1n) is 2.42. The van der Waals surface area contributed by atoms with Gasteiger partial charge in [-0.05, 0) is 13.2 Å². The van der Waals surface area contributed by atoms with Crippen LogP contribution in [0.1, 0.15) is 0 Å². The Hall–Kier alpha value is 0.266. The quantitative estimate of drug-likeness (QED) is 0.407. The Labute approximate surface area is 85.7 Å². The van der Waals surface area contributed by atoms with Gasteiger partial charge < -0.3 is 10.2 Å². The summed E-state index contributed by atoms with van der Waals surface area (Å²) in [6, 6.07) is 0. The summed E-state index contributed by atoms with van der Waals surface area (Å²) in [4.78, 5) is 0. The third-order valence-electron chi connectivity index (χ3n) is 0.327. The standard InChI is InChI=1S/2C2H2F3O.Mg/c2*3-2(4,5)1-6;/h2*1H2;/q2*-1;+2. The van der Waals surface area contributed by atoms with E-state index in [0.29, 0.717) is 0 Å². The largest absolute Gasteiger partial charge is 2.00 e. The number of hydrogen-bond donors (Lipinski definition) is 0. The van der Waals surface area contributed by atoms with Crippen molar-refractivity contribution in [1.29, 1.82) is 0 Å². The van der Waals surface area contributed by atoms with E-state index in [1.165, 1.54) is 0 Å². The van der Waals surface area contributed by atoms with Crippen LogP contribution in [0.15, 0.2) is 0 Å². The maximum atomic E-state index is 10.5. The number of rotatable bonds is 0. The minimum Gasteiger partial charge on any atom is -0.848 e. The van der Waals surface area contributed by atoms with Gasteiger partial charge in [0.25, 0.3) is 0 Å². The molecule has 0 aliphatic carbocycles. The zero-order chi connectivity index (χ0) is 10.4. The van der Waals surface area contributed by atoms with Gasteiger partial charge in [0.2, 0.25) is 0 Å². The predicted molar refractivity (Wildman–Crippen MR) is 27.6 cm³/mol. The summed E-state index contributed by atoms with van der Waals surface area (Å²) in [5.41, 5.74) is 0. The van der Waals surface area contributed by atoms with Crippen LogP contribution < -0.4 is 10.2 Å². The Morgan fingerprint density at radius 2 is 0.769 bits per heavy atom. The molecule has 0 aliphatic rings. The summed E-state index contributed by atoms with van der Waals surface area (Å²) in [6.45, 7) is -3.96. The molecule has 0 N–H and O–H groups in total. The molecule has 0 fully saturated rings. The zero-order valence-corrected chi connectivity index (χ0v) is 7.62. The van der Waals surface area contributed by atoms with Crippen LogP contribution >= 0.6 is 0 Å². The van der Waals surface area contributed by atoms with Crippen LogP contribution in [0.2, 0.25) is 0 Å². The Morgan fingerprint density at radius 1 is 0.692 bits per heavy atom. The topological polar surface area (TPSA) is 46.1 Å². The monoisotopic (exact) mass is 222 g/mol. The van der Waals surface area contributed by atoms with Gasteiger partial charge in [0.05, 0.1) is 0 Å². The van der Waals surface area contributed by atoms with Crippen molar-refractivity contribution < 1.29 is 36.6 Å². The molecule has 76 valence electrons. The van der Waals surface area contributed by atoms with Gasteiger partial charge in [0, 0.05) is 0 Å². The molecule has 0 saturated carbocycles. The first kappa shape index (κ1) is 18.9. The summed E-state index contributed by atoms with van der Waals surface area (Å²) in [5.74, 6) is 0. The number of hydrogen-bond acceptors (Lipinski definition) is 2. The van der Waals surface area contributed by atoms with Gasteiger partial charge in [-0.25, -0.2) is 0 Å². The Kier molecular flexibility index (Phi) is 11.1. The summed E-state index contributed by atoms with van der Waals surface area (Å²) in [6.07, 6.45) is -9.03. The molecule has 0 atom stereocenters. The van der Waals surface area contributed by atoms with E-state index in [1.54, 1.807) is 0 Å². The fourth-order valence-corrected chi connectivity index (χ4v) is 0. The van der Waals surface area contributed by atoms with Crippen molar-refractivity contribution in [2.45, 2.75) is 12.4 Å². The number of halogens is 6. The van der Waals surface area contributed by atoms with Crippen molar-refractivity contribution in [3.05, 3.63) is 0 Å². The van der Waals surface area contributed by atoms with E-state index in [4.69, 9.17) is 10.2 Å². The van der Waals surface area contributed by atoms with Gasteiger partial charge >= 0.3 is 35.4 Å². The first-order chi connectivity index (χ1) is 5.12. The molecule has 0 radical (unpaired) electrons. The molecule has 0 aliphatic heterocycles. The smallest absolute Gasteiger partial charge is 0.848 e. The predicted octanol–water partition coefficient (Wildman–Crippen LogP) is -0.563. The zero-order valence-electron chi connectivity index (χ0n) is 6.21. The van der Waals surface area contributed by atoms with Crippen molar-refractivity contribution >= 4 is 23.1 Å². The van der Waals surface area contributed by atoms with Crippen LogP contribution in [0.3, 0.4) is 0 Å². The second kappa shape index (κ2) is 7.65. The Balaban J connectivity index is -0.000000143. The van der Waals surface area contributed by atoms with E-state index in [2.05, 4.69) is 0 Å². The van der Waals surface area contributed by atoms with E-state index in [9.17, 15) is 26.3 Å². The summed E-state index contributed by atoms with van der Waals surface area (Å²) in [7, 11) is 0. The minimum absolute atomic E-state index is 0. The maximum absolute atomic E-state index is 10.5. The van der Waals surface area contributed by atoms with E-state index >= 15 is 0 Å². The molecule has 0 aromatic heterocycles. The van der Waals surface area contributed by atoms with Crippen molar-refractivity contribution in [1.82, 2.24) is 0 Å². The molecule has 2 nitrogen and oxygen atoms in total. The van der Waals surface area contributed by atoms with Crippen molar-refractivity contribution in [3.8, 4) is 0 Å². The molecule has 0 heterocycles. The van der Waals surface area contributed by atoms with Gasteiger partial charge in [-0.1, -0.05) is 0 Å². The van der Waals surface area contributed by atoms with Crippen molar-refractivity contribution in [2.24, 2.45) is 0 Å². The molecular formula is C4H4F6MgO2. The third kappa shape index (κ3) is 32.9. The molecule has 0 rings (SSSR count). The van der Waals surface area contributed by atoms with Crippen molar-refractivity contribution in [2.75, 3.05) is 13.2 Å². The first-order valence-corrected chi connectivity index (χ1v) is 2.42. The van der Waals surface area contributed by atoms with Crippen LogP contribution in [0.5, 0.6) is 0 Å². The van der Waals surface area contributed by atoms with E-state index in [0.717, 1.165) is 0 Å². The molecule has 0 aromatic rings. The summed E-state index contributed by atoms with van der Waals surface area (Å²) in [5, 5.41) is 17.7. The van der Waals surface area contributed by atoms with E-state index < -0.39 is 25.6 Å². The molecule has 13 heavy (non-hydrogen) atoms. The Bertz CT molecular complexity index is 96.2. The molecule has 0 amide bonds. The summed E-state index contributed by atoms with van der Waals surface area (Å²) < 4.78 is 62.8. The van der Waals surface area contributed by atoms with Crippen LogP contribution in [0.4, 0.5) is 26.3 Å². The molecule has 0 aromatic carbocycles. The fourth-order valence-electron chi connectivity index (χ4n) is 0. The SMILES string of the molecule is [Mg+2].[O-]CC(F)(F)F.[O-]CC(F)(F)F. The third-order valence-corrected chi connectivity index (χ3v) is 0.327. The fraction of sp³-hybridized carbons (Fsp3) is 1.00.